The van der Waals surface area contributed by atoms with E-state index in [4.69, 9.17) is 10.00 Å². The van der Waals surface area contributed by atoms with Crippen LogP contribution >= 0.6 is 0 Å². The van der Waals surface area contributed by atoms with E-state index in [2.05, 4.69) is 9.97 Å². The van der Waals surface area contributed by atoms with Crippen molar-refractivity contribution in [1.29, 1.82) is 5.26 Å². The maximum absolute atomic E-state index is 13.1. The Morgan fingerprint density at radius 2 is 1.92 bits per heavy atom. The largest absolute Gasteiger partial charge is 0.474 e. The van der Waals surface area contributed by atoms with E-state index in [1.54, 1.807) is 38.2 Å². The van der Waals surface area contributed by atoms with E-state index in [-0.39, 0.29) is 5.95 Å². The van der Waals surface area contributed by atoms with Gasteiger partial charge in [-0.15, -0.1) is 0 Å². The van der Waals surface area contributed by atoms with Crippen molar-refractivity contribution in [2.45, 2.75) is 32.5 Å². The van der Waals surface area contributed by atoms with Crippen LogP contribution in [-0.2, 0) is 6.18 Å². The van der Waals surface area contributed by atoms with Crippen LogP contribution in [0.4, 0.5) is 24.8 Å². The highest BCUT2D eigenvalue weighted by molar-refractivity contribution is 5.58. The fraction of sp³-hybridized carbons (Fsp3) is 0.353. The minimum Gasteiger partial charge on any atom is -0.474 e. The first kappa shape index (κ1) is 18.5. The summed E-state index contributed by atoms with van der Waals surface area (Å²) in [7, 11) is 1.62. The topological polar surface area (TPSA) is 62.0 Å². The van der Waals surface area contributed by atoms with Gasteiger partial charge in [-0.2, -0.15) is 23.4 Å². The van der Waals surface area contributed by atoms with Gasteiger partial charge in [-0.05, 0) is 37.6 Å². The van der Waals surface area contributed by atoms with Crippen LogP contribution in [0.3, 0.4) is 0 Å². The third kappa shape index (κ3) is 4.38. The zero-order chi connectivity index (χ0) is 18.6. The van der Waals surface area contributed by atoms with E-state index in [0.717, 1.165) is 6.20 Å². The average molecular weight is 350 g/mol. The van der Waals surface area contributed by atoms with Crippen LogP contribution in [0, 0.1) is 11.3 Å². The Balaban J connectivity index is 2.40. The van der Waals surface area contributed by atoms with Gasteiger partial charge >= 0.3 is 6.18 Å². The molecule has 0 fully saturated rings. The van der Waals surface area contributed by atoms with Gasteiger partial charge < -0.3 is 9.64 Å². The minimum absolute atomic E-state index is 0.0658. The molecule has 2 aromatic rings. The predicted molar refractivity (Wildman–Crippen MR) is 86.6 cm³/mol. The van der Waals surface area contributed by atoms with Gasteiger partial charge in [0.1, 0.15) is 5.56 Å². The molecule has 0 amide bonds. The van der Waals surface area contributed by atoms with Gasteiger partial charge in [-0.3, -0.25) is 0 Å². The van der Waals surface area contributed by atoms with E-state index in [9.17, 15) is 13.2 Å². The van der Waals surface area contributed by atoms with Crippen molar-refractivity contribution in [1.82, 2.24) is 9.97 Å². The lowest BCUT2D eigenvalue weighted by atomic mass is 10.2. The molecule has 0 aliphatic heterocycles. The SMILES string of the molecule is CCC(C)Oc1nc(N(C)c2ccc(C#N)cc2)ncc1C(F)(F)F. The maximum Gasteiger partial charge on any atom is 0.423 e. The van der Waals surface area contributed by atoms with Crippen molar-refractivity contribution in [3.05, 3.63) is 41.6 Å². The Morgan fingerprint density at radius 3 is 2.44 bits per heavy atom. The maximum atomic E-state index is 13.1. The van der Waals surface area contributed by atoms with Crippen LogP contribution in [-0.4, -0.2) is 23.1 Å². The molecule has 0 radical (unpaired) electrons. The number of ether oxygens (including phenoxy) is 1. The molecule has 1 unspecified atom stereocenters. The quantitative estimate of drug-likeness (QED) is 0.804. The smallest absolute Gasteiger partial charge is 0.423 e. The summed E-state index contributed by atoms with van der Waals surface area (Å²) < 4.78 is 44.8. The summed E-state index contributed by atoms with van der Waals surface area (Å²) in [5.41, 5.74) is 0.101. The van der Waals surface area contributed by atoms with Crippen LogP contribution in [0.2, 0.25) is 0 Å². The summed E-state index contributed by atoms with van der Waals surface area (Å²) in [6, 6.07) is 8.53. The van der Waals surface area contributed by atoms with E-state index < -0.39 is 23.7 Å². The Labute approximate surface area is 143 Å². The summed E-state index contributed by atoms with van der Waals surface area (Å²) in [5.74, 6) is -0.427. The molecule has 0 aliphatic rings. The molecular formula is C17H17F3N4O. The van der Waals surface area contributed by atoms with Gasteiger partial charge in [0.15, 0.2) is 0 Å². The summed E-state index contributed by atoms with van der Waals surface area (Å²) in [6.07, 6.45) is -3.75. The summed E-state index contributed by atoms with van der Waals surface area (Å²) >= 11 is 0. The van der Waals surface area contributed by atoms with Crippen LogP contribution in [0.5, 0.6) is 5.88 Å². The molecule has 0 spiro atoms. The molecule has 2 rings (SSSR count). The van der Waals surface area contributed by atoms with Crippen LogP contribution in [0.1, 0.15) is 31.4 Å². The average Bonchev–Trinajstić information content (AvgIpc) is 2.60. The number of benzene rings is 1. The molecule has 0 bridgehead atoms. The number of rotatable bonds is 5. The molecule has 0 N–H and O–H groups in total. The number of halogens is 3. The minimum atomic E-state index is -4.60. The first-order valence-corrected chi connectivity index (χ1v) is 7.61. The predicted octanol–water partition coefficient (Wildman–Crippen LogP) is 4.31. The van der Waals surface area contributed by atoms with Gasteiger partial charge in [0.05, 0.1) is 17.7 Å². The zero-order valence-electron chi connectivity index (χ0n) is 14.0. The monoisotopic (exact) mass is 350 g/mol. The number of hydrogen-bond acceptors (Lipinski definition) is 5. The van der Waals surface area contributed by atoms with Crippen molar-refractivity contribution < 1.29 is 17.9 Å². The van der Waals surface area contributed by atoms with Crippen molar-refractivity contribution >= 4 is 11.6 Å². The second-order valence-corrected chi connectivity index (χ2v) is 5.44. The molecule has 25 heavy (non-hydrogen) atoms. The summed E-state index contributed by atoms with van der Waals surface area (Å²) in [4.78, 5) is 9.28. The summed E-state index contributed by atoms with van der Waals surface area (Å²) in [5, 5.41) is 8.82. The molecule has 1 atom stereocenters. The van der Waals surface area contributed by atoms with E-state index >= 15 is 0 Å². The second kappa shape index (κ2) is 7.38. The van der Waals surface area contributed by atoms with Gasteiger partial charge in [0, 0.05) is 18.9 Å². The fourth-order valence-corrected chi connectivity index (χ4v) is 1.95. The van der Waals surface area contributed by atoms with E-state index in [0.29, 0.717) is 17.7 Å². The van der Waals surface area contributed by atoms with Crippen molar-refractivity contribution in [2.24, 2.45) is 0 Å². The first-order valence-electron chi connectivity index (χ1n) is 7.61. The fourth-order valence-electron chi connectivity index (χ4n) is 1.95. The number of hydrogen-bond donors (Lipinski definition) is 0. The van der Waals surface area contributed by atoms with E-state index in [1.165, 1.54) is 4.90 Å². The lowest BCUT2D eigenvalue weighted by Gasteiger charge is -2.21. The summed E-state index contributed by atoms with van der Waals surface area (Å²) in [6.45, 7) is 3.48. The normalized spacial score (nSPS) is 12.4. The van der Waals surface area contributed by atoms with Crippen LogP contribution in [0.25, 0.3) is 0 Å². The van der Waals surface area contributed by atoms with Gasteiger partial charge in [0.25, 0.3) is 0 Å². The Hall–Kier alpha value is -2.82. The number of nitriles is 1. The van der Waals surface area contributed by atoms with Crippen molar-refractivity contribution in [3.8, 4) is 11.9 Å². The van der Waals surface area contributed by atoms with E-state index in [1.807, 2.05) is 13.0 Å². The van der Waals surface area contributed by atoms with Gasteiger partial charge in [0.2, 0.25) is 11.8 Å². The molecule has 132 valence electrons. The number of aromatic nitrogens is 2. The van der Waals surface area contributed by atoms with Crippen LogP contribution < -0.4 is 9.64 Å². The highest BCUT2D eigenvalue weighted by Gasteiger charge is 2.37. The molecule has 1 aromatic heterocycles. The van der Waals surface area contributed by atoms with Crippen molar-refractivity contribution in [2.75, 3.05) is 11.9 Å². The zero-order valence-corrected chi connectivity index (χ0v) is 14.0. The Kier molecular flexibility index (Phi) is 5.47. The molecule has 0 aliphatic carbocycles. The highest BCUT2D eigenvalue weighted by atomic mass is 19.4. The molecule has 1 aromatic carbocycles. The number of anilines is 2. The Morgan fingerprint density at radius 1 is 1.28 bits per heavy atom. The molecule has 1 heterocycles. The van der Waals surface area contributed by atoms with Gasteiger partial charge in [-0.1, -0.05) is 6.92 Å². The van der Waals surface area contributed by atoms with Crippen LogP contribution in [0.15, 0.2) is 30.5 Å². The highest BCUT2D eigenvalue weighted by Crippen LogP contribution is 2.36. The molecule has 5 nitrogen and oxygen atoms in total. The molecule has 8 heteroatoms. The van der Waals surface area contributed by atoms with Crippen molar-refractivity contribution in [3.63, 3.8) is 0 Å². The second-order valence-electron chi connectivity index (χ2n) is 5.44. The lowest BCUT2D eigenvalue weighted by Crippen LogP contribution is -2.19. The third-order valence-electron chi connectivity index (χ3n) is 3.62. The lowest BCUT2D eigenvalue weighted by molar-refractivity contribution is -0.139. The van der Waals surface area contributed by atoms with Gasteiger partial charge in [-0.25, -0.2) is 4.98 Å². The first-order chi connectivity index (χ1) is 11.8. The molecule has 0 saturated heterocycles. The standard InChI is InChI=1S/C17H17F3N4O/c1-4-11(2)25-15-14(17(18,19)20)10-22-16(23-15)24(3)13-7-5-12(9-21)6-8-13/h5-8,10-11H,4H2,1-3H3. The number of nitrogens with zero attached hydrogens (tertiary/aromatic N) is 4. The third-order valence-corrected chi connectivity index (χ3v) is 3.62. The Bertz CT molecular complexity index is 769. The molecular weight excluding hydrogens is 333 g/mol. The number of alkyl halides is 3. The molecule has 0 saturated carbocycles.